The molecule has 0 heterocycles. The first-order chi connectivity index (χ1) is 16.5. The van der Waals surface area contributed by atoms with Gasteiger partial charge in [-0.25, -0.2) is 8.42 Å². The van der Waals surface area contributed by atoms with Crippen LogP contribution in [0, 0.1) is 13.8 Å². The second kappa shape index (κ2) is 12.9. The molecule has 1 N–H and O–H groups in total. The average Bonchev–Trinajstić information content (AvgIpc) is 2.80. The fourth-order valence-corrected chi connectivity index (χ4v) is 4.96. The van der Waals surface area contributed by atoms with Crippen LogP contribution >= 0.6 is 11.6 Å². The number of hydrogen-bond donors (Lipinski definition) is 1. The van der Waals surface area contributed by atoms with Crippen LogP contribution in [0.25, 0.3) is 0 Å². The first kappa shape index (κ1) is 28.7. The Balaban J connectivity index is 2.20. The van der Waals surface area contributed by atoms with Crippen LogP contribution in [0.1, 0.15) is 49.8 Å². The van der Waals surface area contributed by atoms with Gasteiger partial charge in [-0.2, -0.15) is 0 Å². The standard InChI is InChI=1S/C26H36ClN3O4S/c1-6-15-28-26(32)21(4)29(18-22-11-8-7-10-19(22)2)25(31)12-9-16-30(35(5,33)34)24-17-23(27)14-13-20(24)3/h7-8,10-11,13-14,17,21H,6,9,12,15-16,18H2,1-5H3,(H,28,32)/t21-/m0/s1. The Hall–Kier alpha value is -2.58. The molecule has 0 unspecified atom stereocenters. The van der Waals surface area contributed by atoms with Crippen molar-refractivity contribution in [3.05, 3.63) is 64.2 Å². The quantitative estimate of drug-likeness (QED) is 0.447. The largest absolute Gasteiger partial charge is 0.354 e. The van der Waals surface area contributed by atoms with E-state index in [9.17, 15) is 18.0 Å². The normalized spacial score (nSPS) is 12.2. The molecule has 192 valence electrons. The van der Waals surface area contributed by atoms with E-state index in [0.29, 0.717) is 30.2 Å². The molecule has 0 fully saturated rings. The average molecular weight is 522 g/mol. The lowest BCUT2D eigenvalue weighted by molar-refractivity contribution is -0.140. The number of nitrogens with zero attached hydrogens (tertiary/aromatic N) is 2. The molecule has 35 heavy (non-hydrogen) atoms. The van der Waals surface area contributed by atoms with Crippen LogP contribution in [0.2, 0.25) is 5.02 Å². The van der Waals surface area contributed by atoms with Gasteiger partial charge in [-0.15, -0.1) is 0 Å². The van der Waals surface area contributed by atoms with Crippen molar-refractivity contribution in [2.24, 2.45) is 0 Å². The van der Waals surface area contributed by atoms with Crippen molar-refractivity contribution >= 4 is 39.1 Å². The van der Waals surface area contributed by atoms with E-state index in [1.54, 1.807) is 30.0 Å². The van der Waals surface area contributed by atoms with Gasteiger partial charge in [-0.3, -0.25) is 13.9 Å². The summed E-state index contributed by atoms with van der Waals surface area (Å²) in [6.45, 7) is 8.44. The minimum absolute atomic E-state index is 0.100. The highest BCUT2D eigenvalue weighted by Crippen LogP contribution is 2.27. The van der Waals surface area contributed by atoms with E-state index in [4.69, 9.17) is 11.6 Å². The first-order valence-electron chi connectivity index (χ1n) is 11.8. The summed E-state index contributed by atoms with van der Waals surface area (Å²) in [5, 5.41) is 3.30. The minimum Gasteiger partial charge on any atom is -0.354 e. The Labute approximate surface area is 214 Å². The number of anilines is 1. The number of rotatable bonds is 12. The number of amides is 2. The molecule has 0 aliphatic heterocycles. The molecule has 2 rings (SSSR count). The summed E-state index contributed by atoms with van der Waals surface area (Å²) in [7, 11) is -3.58. The molecule has 0 radical (unpaired) electrons. The third-order valence-corrected chi connectivity index (χ3v) is 7.33. The molecule has 0 saturated carbocycles. The van der Waals surface area contributed by atoms with Crippen LogP contribution < -0.4 is 9.62 Å². The minimum atomic E-state index is -3.58. The maximum atomic E-state index is 13.3. The van der Waals surface area contributed by atoms with Crippen molar-refractivity contribution < 1.29 is 18.0 Å². The van der Waals surface area contributed by atoms with E-state index in [-0.39, 0.29) is 24.8 Å². The summed E-state index contributed by atoms with van der Waals surface area (Å²) < 4.78 is 26.3. The van der Waals surface area contributed by atoms with E-state index in [1.807, 2.05) is 45.0 Å². The number of carbonyl (C=O) groups excluding carboxylic acids is 2. The lowest BCUT2D eigenvalue weighted by atomic mass is 10.1. The van der Waals surface area contributed by atoms with Gasteiger partial charge in [0.25, 0.3) is 0 Å². The summed E-state index contributed by atoms with van der Waals surface area (Å²) in [5.41, 5.74) is 3.26. The zero-order chi connectivity index (χ0) is 26.2. The van der Waals surface area contributed by atoms with Gasteiger partial charge in [0.1, 0.15) is 6.04 Å². The van der Waals surface area contributed by atoms with Crippen LogP contribution in [0.3, 0.4) is 0 Å². The van der Waals surface area contributed by atoms with Crippen LogP contribution in [-0.2, 0) is 26.2 Å². The molecule has 0 aliphatic carbocycles. The van der Waals surface area contributed by atoms with Gasteiger partial charge in [0.05, 0.1) is 11.9 Å². The predicted molar refractivity (Wildman–Crippen MR) is 142 cm³/mol. The molecule has 7 nitrogen and oxygen atoms in total. The number of halogens is 1. The Bertz CT molecular complexity index is 1140. The highest BCUT2D eigenvalue weighted by molar-refractivity contribution is 7.92. The molecule has 0 spiro atoms. The molecule has 9 heteroatoms. The third-order valence-electron chi connectivity index (χ3n) is 5.91. The smallest absolute Gasteiger partial charge is 0.242 e. The van der Waals surface area contributed by atoms with Gasteiger partial charge in [0.15, 0.2) is 0 Å². The summed E-state index contributed by atoms with van der Waals surface area (Å²) in [4.78, 5) is 27.6. The van der Waals surface area contributed by atoms with Crippen LogP contribution in [0.15, 0.2) is 42.5 Å². The summed E-state index contributed by atoms with van der Waals surface area (Å²) >= 11 is 6.11. The number of nitrogens with one attached hydrogen (secondary N) is 1. The lowest BCUT2D eigenvalue weighted by Crippen LogP contribution is -2.48. The van der Waals surface area contributed by atoms with Crippen molar-refractivity contribution in [2.75, 3.05) is 23.7 Å². The fourth-order valence-electron chi connectivity index (χ4n) is 3.78. The highest BCUT2D eigenvalue weighted by Gasteiger charge is 2.27. The predicted octanol–water partition coefficient (Wildman–Crippen LogP) is 4.45. The second-order valence-corrected chi connectivity index (χ2v) is 11.1. The molecule has 0 aromatic heterocycles. The number of aryl methyl sites for hydroxylation is 2. The molecular formula is C26H36ClN3O4S. The Kier molecular flexibility index (Phi) is 10.6. The SMILES string of the molecule is CCCNC(=O)[C@H](C)N(Cc1ccccc1C)C(=O)CCCN(c1cc(Cl)ccc1C)S(C)(=O)=O. The molecule has 1 atom stereocenters. The van der Waals surface area contributed by atoms with Gasteiger partial charge < -0.3 is 10.2 Å². The van der Waals surface area contributed by atoms with Crippen molar-refractivity contribution in [1.82, 2.24) is 10.2 Å². The number of benzene rings is 2. The summed E-state index contributed by atoms with van der Waals surface area (Å²) in [5.74, 6) is -0.412. The van der Waals surface area contributed by atoms with Crippen molar-refractivity contribution in [2.45, 2.75) is 59.5 Å². The number of carbonyl (C=O) groups is 2. The van der Waals surface area contributed by atoms with Crippen molar-refractivity contribution in [3.63, 3.8) is 0 Å². The zero-order valence-corrected chi connectivity index (χ0v) is 22.7. The van der Waals surface area contributed by atoms with Gasteiger partial charge >= 0.3 is 0 Å². The van der Waals surface area contributed by atoms with E-state index in [0.717, 1.165) is 29.4 Å². The molecular weight excluding hydrogens is 486 g/mol. The molecule has 0 bridgehead atoms. The number of sulfonamides is 1. The summed E-state index contributed by atoms with van der Waals surface area (Å²) in [6.07, 6.45) is 2.34. The Morgan fingerprint density at radius 2 is 1.77 bits per heavy atom. The Morgan fingerprint density at radius 1 is 1.09 bits per heavy atom. The lowest BCUT2D eigenvalue weighted by Gasteiger charge is -2.30. The molecule has 0 saturated heterocycles. The van der Waals surface area contributed by atoms with Gasteiger partial charge in [0.2, 0.25) is 21.8 Å². The third kappa shape index (κ3) is 8.25. The van der Waals surface area contributed by atoms with E-state index in [1.165, 1.54) is 4.31 Å². The van der Waals surface area contributed by atoms with Gasteiger partial charge in [-0.1, -0.05) is 48.9 Å². The molecule has 2 aromatic rings. The molecule has 2 aromatic carbocycles. The second-order valence-electron chi connectivity index (χ2n) is 8.78. The maximum absolute atomic E-state index is 13.3. The van der Waals surface area contributed by atoms with Crippen LogP contribution in [0.5, 0.6) is 0 Å². The first-order valence-corrected chi connectivity index (χ1v) is 14.0. The Morgan fingerprint density at radius 3 is 2.40 bits per heavy atom. The van der Waals surface area contributed by atoms with E-state index < -0.39 is 16.1 Å². The molecule has 0 aliphatic rings. The molecule has 2 amide bonds. The van der Waals surface area contributed by atoms with Gasteiger partial charge in [-0.05, 0) is 62.4 Å². The highest BCUT2D eigenvalue weighted by atomic mass is 35.5. The van der Waals surface area contributed by atoms with Crippen LogP contribution in [0.4, 0.5) is 5.69 Å². The van der Waals surface area contributed by atoms with E-state index >= 15 is 0 Å². The monoisotopic (exact) mass is 521 g/mol. The number of hydrogen-bond acceptors (Lipinski definition) is 4. The zero-order valence-electron chi connectivity index (χ0n) is 21.2. The maximum Gasteiger partial charge on any atom is 0.242 e. The van der Waals surface area contributed by atoms with Gasteiger partial charge in [0, 0.05) is 31.1 Å². The van der Waals surface area contributed by atoms with Crippen molar-refractivity contribution in [1.29, 1.82) is 0 Å². The fraction of sp³-hybridized carbons (Fsp3) is 0.462. The van der Waals surface area contributed by atoms with Crippen molar-refractivity contribution in [3.8, 4) is 0 Å². The summed E-state index contributed by atoms with van der Waals surface area (Å²) in [6, 6.07) is 12.2. The topological polar surface area (TPSA) is 86.8 Å². The van der Waals surface area contributed by atoms with E-state index in [2.05, 4.69) is 5.32 Å². The van der Waals surface area contributed by atoms with Crippen LogP contribution in [-0.4, -0.2) is 50.5 Å².